The Bertz CT molecular complexity index is 955. The third-order valence-corrected chi connectivity index (χ3v) is 5.11. The molecule has 1 aliphatic rings. The molecule has 1 aliphatic carbocycles. The topological polar surface area (TPSA) is 97.3 Å². The number of carboxylic acid groups (broad SMARTS) is 1. The van der Waals surface area contributed by atoms with Crippen LogP contribution in [0.5, 0.6) is 11.5 Å². The van der Waals surface area contributed by atoms with Crippen molar-refractivity contribution in [2.75, 3.05) is 13.2 Å². The minimum atomic E-state index is -0.740. The van der Waals surface area contributed by atoms with E-state index >= 15 is 0 Å². The van der Waals surface area contributed by atoms with Crippen LogP contribution in [0.1, 0.15) is 36.3 Å². The minimum absolute atomic E-state index is 0.125. The van der Waals surface area contributed by atoms with Gasteiger partial charge in [0.1, 0.15) is 17.8 Å². The Morgan fingerprint density at radius 3 is 2.59 bits per heavy atom. The number of nitrogens with one attached hydrogen (secondary N) is 1. The number of hydrogen-bond acceptors (Lipinski definition) is 5. The molecule has 2 N–H and O–H groups in total. The van der Waals surface area contributed by atoms with Crippen molar-refractivity contribution in [3.05, 3.63) is 59.9 Å². The van der Waals surface area contributed by atoms with Gasteiger partial charge in [-0.25, -0.2) is 4.98 Å². The van der Waals surface area contributed by atoms with Crippen molar-refractivity contribution in [1.82, 2.24) is 15.2 Å². The number of aromatic nitrogens is 3. The lowest BCUT2D eigenvalue weighted by molar-refractivity contribution is -0.137. The molecule has 1 heterocycles. The molecule has 29 heavy (non-hydrogen) atoms. The summed E-state index contributed by atoms with van der Waals surface area (Å²) in [7, 11) is 0. The van der Waals surface area contributed by atoms with Crippen molar-refractivity contribution in [3.63, 3.8) is 0 Å². The Morgan fingerprint density at radius 2 is 1.86 bits per heavy atom. The van der Waals surface area contributed by atoms with E-state index in [1.807, 2.05) is 42.5 Å². The third kappa shape index (κ3) is 4.74. The molecule has 150 valence electrons. The van der Waals surface area contributed by atoms with E-state index < -0.39 is 5.97 Å². The number of fused-ring (bicyclic) bond motifs is 1. The van der Waals surface area contributed by atoms with Gasteiger partial charge >= 0.3 is 5.97 Å². The van der Waals surface area contributed by atoms with Gasteiger partial charge in [0.05, 0.1) is 19.6 Å². The maximum Gasteiger partial charge on any atom is 0.303 e. The number of hydrogen-bond donors (Lipinski definition) is 2. The second kappa shape index (κ2) is 8.77. The van der Waals surface area contributed by atoms with Gasteiger partial charge in [0.2, 0.25) is 0 Å². The van der Waals surface area contributed by atoms with Crippen LogP contribution >= 0.6 is 0 Å². The van der Waals surface area contributed by atoms with Crippen LogP contribution in [0, 0.1) is 0 Å². The lowest BCUT2D eigenvalue weighted by Gasteiger charge is -2.11. The second-order valence-corrected chi connectivity index (χ2v) is 7.10. The highest BCUT2D eigenvalue weighted by atomic mass is 16.5. The van der Waals surface area contributed by atoms with Crippen LogP contribution in [-0.4, -0.2) is 39.5 Å². The standard InChI is InChI=1S/C22H23N3O4/c26-21(27)13-17-3-2-16-12-19(8-9-20(16)17)29-11-1-10-28-18-6-4-15(5-7-18)22-23-14-24-25-22/h4-9,12,14,17H,1-3,10-11,13H2,(H,26,27)(H,23,24,25)/t17-/m0/s1. The molecule has 0 amide bonds. The second-order valence-electron chi connectivity index (χ2n) is 7.10. The number of aryl methyl sites for hydroxylation is 1. The number of carbonyl (C=O) groups is 1. The normalized spacial score (nSPS) is 15.1. The summed E-state index contributed by atoms with van der Waals surface area (Å²) in [5.74, 6) is 1.75. The number of aromatic amines is 1. The highest BCUT2D eigenvalue weighted by Gasteiger charge is 2.24. The van der Waals surface area contributed by atoms with Crippen LogP contribution in [0.25, 0.3) is 11.4 Å². The van der Waals surface area contributed by atoms with Gasteiger partial charge in [-0.1, -0.05) is 6.07 Å². The highest BCUT2D eigenvalue weighted by molar-refractivity contribution is 5.68. The molecule has 3 aromatic rings. The molecule has 4 rings (SSSR count). The molecule has 0 aliphatic heterocycles. The molecule has 7 nitrogen and oxygen atoms in total. The summed E-state index contributed by atoms with van der Waals surface area (Å²) in [5, 5.41) is 15.7. The summed E-state index contributed by atoms with van der Waals surface area (Å²) in [6.07, 6.45) is 4.26. The quantitative estimate of drug-likeness (QED) is 0.536. The molecule has 0 saturated heterocycles. The Labute approximate surface area is 168 Å². The first kappa shape index (κ1) is 19.0. The lowest BCUT2D eigenvalue weighted by Crippen LogP contribution is -2.05. The minimum Gasteiger partial charge on any atom is -0.493 e. The summed E-state index contributed by atoms with van der Waals surface area (Å²) in [6.45, 7) is 1.13. The maximum atomic E-state index is 11.0. The van der Waals surface area contributed by atoms with Crippen molar-refractivity contribution in [1.29, 1.82) is 0 Å². The lowest BCUT2D eigenvalue weighted by atomic mass is 9.98. The Morgan fingerprint density at radius 1 is 1.10 bits per heavy atom. The monoisotopic (exact) mass is 393 g/mol. The van der Waals surface area contributed by atoms with Crippen LogP contribution in [0.2, 0.25) is 0 Å². The van der Waals surface area contributed by atoms with Crippen LogP contribution in [0.4, 0.5) is 0 Å². The van der Waals surface area contributed by atoms with Gasteiger partial charge in [0.25, 0.3) is 0 Å². The first-order valence-electron chi connectivity index (χ1n) is 9.75. The van der Waals surface area contributed by atoms with Gasteiger partial charge in [-0.05, 0) is 66.3 Å². The van der Waals surface area contributed by atoms with Gasteiger partial charge in [0.15, 0.2) is 5.82 Å². The number of ether oxygens (including phenoxy) is 2. The molecule has 0 spiro atoms. The zero-order chi connectivity index (χ0) is 20.1. The average Bonchev–Trinajstić information content (AvgIpc) is 3.38. The molecule has 0 fully saturated rings. The predicted molar refractivity (Wildman–Crippen MR) is 107 cm³/mol. The summed E-state index contributed by atoms with van der Waals surface area (Å²) in [5.41, 5.74) is 3.31. The molecular weight excluding hydrogens is 370 g/mol. The van der Waals surface area contributed by atoms with E-state index in [0.29, 0.717) is 13.2 Å². The summed E-state index contributed by atoms with van der Waals surface area (Å²) in [6, 6.07) is 13.7. The molecule has 1 aromatic heterocycles. The Balaban J connectivity index is 1.21. The van der Waals surface area contributed by atoms with E-state index in [9.17, 15) is 4.79 Å². The van der Waals surface area contributed by atoms with Gasteiger partial charge in [-0.15, -0.1) is 0 Å². The van der Waals surface area contributed by atoms with Crippen LogP contribution in [0.15, 0.2) is 48.8 Å². The third-order valence-electron chi connectivity index (χ3n) is 5.11. The van der Waals surface area contributed by atoms with E-state index in [0.717, 1.165) is 47.7 Å². The van der Waals surface area contributed by atoms with E-state index in [2.05, 4.69) is 15.2 Å². The Hall–Kier alpha value is -3.35. The van der Waals surface area contributed by atoms with E-state index in [1.54, 1.807) is 0 Å². The number of nitrogens with zero attached hydrogens (tertiary/aromatic N) is 2. The first-order chi connectivity index (χ1) is 14.2. The van der Waals surface area contributed by atoms with Gasteiger partial charge < -0.3 is 14.6 Å². The molecule has 0 radical (unpaired) electrons. The van der Waals surface area contributed by atoms with Gasteiger partial charge in [-0.2, -0.15) is 5.10 Å². The SMILES string of the molecule is O=C(O)C[C@@H]1CCc2cc(OCCCOc3ccc(-c4ncn[nH]4)cc3)ccc21. The number of carboxylic acids is 1. The van der Waals surface area contributed by atoms with E-state index in [4.69, 9.17) is 14.6 Å². The molecular formula is C22H23N3O4. The summed E-state index contributed by atoms with van der Waals surface area (Å²) >= 11 is 0. The zero-order valence-corrected chi connectivity index (χ0v) is 16.0. The van der Waals surface area contributed by atoms with Gasteiger partial charge in [0, 0.05) is 12.0 Å². The average molecular weight is 393 g/mol. The number of benzene rings is 2. The molecule has 2 aromatic carbocycles. The fraction of sp³-hybridized carbons (Fsp3) is 0.318. The summed E-state index contributed by atoms with van der Waals surface area (Å²) < 4.78 is 11.6. The van der Waals surface area contributed by atoms with Crippen LogP contribution in [0.3, 0.4) is 0 Å². The Kier molecular flexibility index (Phi) is 5.74. The first-order valence-corrected chi connectivity index (χ1v) is 9.75. The molecule has 0 bridgehead atoms. The summed E-state index contributed by atoms with van der Waals surface area (Å²) in [4.78, 5) is 15.1. The smallest absolute Gasteiger partial charge is 0.303 e. The van der Waals surface area contributed by atoms with Crippen molar-refractivity contribution >= 4 is 5.97 Å². The maximum absolute atomic E-state index is 11.0. The van der Waals surface area contributed by atoms with E-state index in [1.165, 1.54) is 11.9 Å². The van der Waals surface area contributed by atoms with Crippen molar-refractivity contribution in [2.45, 2.75) is 31.6 Å². The zero-order valence-electron chi connectivity index (χ0n) is 16.0. The number of rotatable bonds is 9. The highest BCUT2D eigenvalue weighted by Crippen LogP contribution is 2.37. The number of H-pyrrole nitrogens is 1. The van der Waals surface area contributed by atoms with Crippen LogP contribution in [-0.2, 0) is 11.2 Å². The predicted octanol–water partition coefficient (Wildman–Crippen LogP) is 3.82. The molecule has 0 unspecified atom stereocenters. The largest absolute Gasteiger partial charge is 0.493 e. The van der Waals surface area contributed by atoms with Crippen molar-refractivity contribution in [2.24, 2.45) is 0 Å². The fourth-order valence-corrected chi connectivity index (χ4v) is 3.69. The fourth-order valence-electron chi connectivity index (χ4n) is 3.69. The molecule has 0 saturated carbocycles. The molecule has 1 atom stereocenters. The van der Waals surface area contributed by atoms with Gasteiger partial charge in [-0.3, -0.25) is 9.89 Å². The van der Waals surface area contributed by atoms with E-state index in [-0.39, 0.29) is 12.3 Å². The van der Waals surface area contributed by atoms with Crippen molar-refractivity contribution < 1.29 is 19.4 Å². The van der Waals surface area contributed by atoms with Crippen LogP contribution < -0.4 is 9.47 Å². The number of aliphatic carboxylic acids is 1. The van der Waals surface area contributed by atoms with Crippen molar-refractivity contribution in [3.8, 4) is 22.9 Å². The molecule has 7 heteroatoms.